The molecule has 0 radical (unpaired) electrons. The first-order chi connectivity index (χ1) is 13.4. The van der Waals surface area contributed by atoms with Crippen molar-refractivity contribution < 1.29 is 17.6 Å². The van der Waals surface area contributed by atoms with E-state index in [1.165, 1.54) is 18.2 Å². The minimum atomic E-state index is -3.76. The van der Waals surface area contributed by atoms with Crippen LogP contribution in [0.2, 0.25) is 0 Å². The van der Waals surface area contributed by atoms with Crippen molar-refractivity contribution in [3.05, 3.63) is 59.4 Å². The standard InChI is InChI=1S/C17H15FN4O3S3/c18-12-5-3-11(4-6-12)8-20-14(23)10-27-17-21-9-13(16(19)22-17)28(24,25)15-2-1-7-26-15/h1-7,9H,8,10H2,(H,20,23)(H2,19,21,22). The molecule has 0 aliphatic rings. The summed E-state index contributed by atoms with van der Waals surface area (Å²) in [6.07, 6.45) is 1.15. The fourth-order valence-electron chi connectivity index (χ4n) is 2.15. The van der Waals surface area contributed by atoms with E-state index in [9.17, 15) is 17.6 Å². The van der Waals surface area contributed by atoms with Crippen LogP contribution in [0.1, 0.15) is 5.56 Å². The van der Waals surface area contributed by atoms with Gasteiger partial charge in [-0.2, -0.15) is 0 Å². The first kappa shape index (κ1) is 20.2. The molecule has 2 aromatic heterocycles. The highest BCUT2D eigenvalue weighted by molar-refractivity contribution is 7.99. The predicted octanol–water partition coefficient (Wildman–Crippen LogP) is 2.50. The summed E-state index contributed by atoms with van der Waals surface area (Å²) in [4.78, 5) is 19.7. The van der Waals surface area contributed by atoms with Crippen LogP contribution in [0.15, 0.2) is 62.2 Å². The number of nitrogen functional groups attached to an aromatic ring is 1. The number of nitrogens with zero attached hydrogens (tertiary/aromatic N) is 2. The maximum absolute atomic E-state index is 12.9. The molecular weight excluding hydrogens is 423 g/mol. The van der Waals surface area contributed by atoms with Crippen molar-refractivity contribution in [3.8, 4) is 0 Å². The summed E-state index contributed by atoms with van der Waals surface area (Å²) in [6, 6.07) is 8.91. The van der Waals surface area contributed by atoms with Crippen LogP contribution in [0.3, 0.4) is 0 Å². The van der Waals surface area contributed by atoms with Crippen LogP contribution < -0.4 is 11.1 Å². The Labute approximate surface area is 169 Å². The van der Waals surface area contributed by atoms with Crippen LogP contribution in [0.25, 0.3) is 0 Å². The Balaban J connectivity index is 1.58. The van der Waals surface area contributed by atoms with E-state index in [-0.39, 0.29) is 44.1 Å². The van der Waals surface area contributed by atoms with Crippen LogP contribution in [-0.2, 0) is 21.2 Å². The molecule has 28 heavy (non-hydrogen) atoms. The van der Waals surface area contributed by atoms with E-state index in [0.717, 1.165) is 34.9 Å². The molecular formula is C17H15FN4O3S3. The van der Waals surface area contributed by atoms with Crippen LogP contribution in [0.5, 0.6) is 0 Å². The molecule has 0 aliphatic carbocycles. The summed E-state index contributed by atoms with van der Waals surface area (Å²) in [7, 11) is -3.76. The Morgan fingerprint density at radius 2 is 2.00 bits per heavy atom. The number of hydrogen-bond acceptors (Lipinski definition) is 8. The number of nitrogens with two attached hydrogens (primary N) is 1. The summed E-state index contributed by atoms with van der Waals surface area (Å²) in [5.41, 5.74) is 6.56. The van der Waals surface area contributed by atoms with Gasteiger partial charge in [-0.15, -0.1) is 11.3 Å². The van der Waals surface area contributed by atoms with Crippen molar-refractivity contribution in [2.24, 2.45) is 0 Å². The van der Waals surface area contributed by atoms with Crippen LogP contribution in [0.4, 0.5) is 10.2 Å². The van der Waals surface area contributed by atoms with Gasteiger partial charge >= 0.3 is 0 Å². The number of benzene rings is 1. The fraction of sp³-hybridized carbons (Fsp3) is 0.118. The molecule has 2 heterocycles. The van der Waals surface area contributed by atoms with Crippen molar-refractivity contribution in [2.45, 2.75) is 20.8 Å². The van der Waals surface area contributed by atoms with Crippen LogP contribution >= 0.6 is 23.1 Å². The number of amides is 1. The number of aromatic nitrogens is 2. The van der Waals surface area contributed by atoms with E-state index in [1.807, 2.05) is 0 Å². The number of rotatable bonds is 7. The third-order valence-electron chi connectivity index (χ3n) is 3.55. The number of carbonyl (C=O) groups is 1. The van der Waals surface area contributed by atoms with Gasteiger partial charge in [0.15, 0.2) is 5.16 Å². The molecule has 0 unspecified atom stereocenters. The lowest BCUT2D eigenvalue weighted by Crippen LogP contribution is -2.24. The SMILES string of the molecule is Nc1nc(SCC(=O)NCc2ccc(F)cc2)ncc1S(=O)(=O)c1cccs1. The number of nitrogens with one attached hydrogen (secondary N) is 1. The van der Waals surface area contributed by atoms with E-state index in [1.54, 1.807) is 23.6 Å². The molecule has 0 fully saturated rings. The average molecular weight is 439 g/mol. The molecule has 7 nitrogen and oxygen atoms in total. The number of carbonyl (C=O) groups excluding carboxylic acids is 1. The quantitative estimate of drug-likeness (QED) is 0.430. The Hall–Kier alpha value is -2.50. The predicted molar refractivity (Wildman–Crippen MR) is 105 cm³/mol. The van der Waals surface area contributed by atoms with Crippen molar-refractivity contribution in [3.63, 3.8) is 0 Å². The highest BCUT2D eigenvalue weighted by Crippen LogP contribution is 2.28. The van der Waals surface area contributed by atoms with Gasteiger partial charge in [0.1, 0.15) is 20.7 Å². The number of hydrogen-bond donors (Lipinski definition) is 2. The normalized spacial score (nSPS) is 11.3. The van der Waals surface area contributed by atoms with Gasteiger partial charge in [0, 0.05) is 6.54 Å². The second-order valence-corrected chi connectivity index (χ2v) is 9.56. The topological polar surface area (TPSA) is 115 Å². The highest BCUT2D eigenvalue weighted by atomic mass is 32.2. The van der Waals surface area contributed by atoms with E-state index in [4.69, 9.17) is 5.73 Å². The second-order valence-electron chi connectivity index (χ2n) is 5.53. The van der Waals surface area contributed by atoms with Crippen LogP contribution in [-0.4, -0.2) is 30.0 Å². The van der Waals surface area contributed by atoms with Gasteiger partial charge in [-0.25, -0.2) is 22.8 Å². The number of sulfone groups is 1. The maximum atomic E-state index is 12.9. The summed E-state index contributed by atoms with van der Waals surface area (Å²) < 4.78 is 38.0. The molecule has 3 N–H and O–H groups in total. The van der Waals surface area contributed by atoms with Crippen molar-refractivity contribution in [2.75, 3.05) is 11.5 Å². The zero-order chi connectivity index (χ0) is 20.1. The first-order valence-corrected chi connectivity index (χ1v) is 11.3. The summed E-state index contributed by atoms with van der Waals surface area (Å²) in [5.74, 6) is -0.758. The molecule has 0 aliphatic heterocycles. The molecule has 146 valence electrons. The van der Waals surface area contributed by atoms with E-state index < -0.39 is 9.84 Å². The molecule has 1 aromatic carbocycles. The Morgan fingerprint density at radius 3 is 2.64 bits per heavy atom. The maximum Gasteiger partial charge on any atom is 0.230 e. The number of thioether (sulfide) groups is 1. The minimum Gasteiger partial charge on any atom is -0.382 e. The molecule has 3 rings (SSSR count). The zero-order valence-electron chi connectivity index (χ0n) is 14.3. The van der Waals surface area contributed by atoms with Gasteiger partial charge in [0.2, 0.25) is 15.7 Å². The molecule has 0 atom stereocenters. The zero-order valence-corrected chi connectivity index (χ0v) is 16.8. The monoisotopic (exact) mass is 438 g/mol. The van der Waals surface area contributed by atoms with Crippen LogP contribution in [0, 0.1) is 5.82 Å². The molecule has 1 amide bonds. The molecule has 0 saturated heterocycles. The molecule has 0 saturated carbocycles. The summed E-state index contributed by atoms with van der Waals surface area (Å²) >= 11 is 2.11. The second kappa shape index (κ2) is 8.67. The van der Waals surface area contributed by atoms with Gasteiger partial charge in [0.25, 0.3) is 0 Å². The van der Waals surface area contributed by atoms with Gasteiger partial charge in [-0.05, 0) is 29.1 Å². The van der Waals surface area contributed by atoms with Crippen molar-refractivity contribution in [1.29, 1.82) is 0 Å². The summed E-state index contributed by atoms with van der Waals surface area (Å²) in [5, 5.41) is 4.54. The first-order valence-electron chi connectivity index (χ1n) is 7.91. The lowest BCUT2D eigenvalue weighted by molar-refractivity contribution is -0.118. The van der Waals surface area contributed by atoms with Gasteiger partial charge in [-0.3, -0.25) is 4.79 Å². The number of thiophene rings is 1. The Bertz CT molecular complexity index is 1070. The van der Waals surface area contributed by atoms with Gasteiger partial charge in [-0.1, -0.05) is 30.0 Å². The third kappa shape index (κ3) is 4.86. The van der Waals surface area contributed by atoms with Crippen molar-refractivity contribution in [1.82, 2.24) is 15.3 Å². The molecule has 11 heteroatoms. The summed E-state index contributed by atoms with van der Waals surface area (Å²) in [6.45, 7) is 0.265. The van der Waals surface area contributed by atoms with Gasteiger partial charge < -0.3 is 11.1 Å². The van der Waals surface area contributed by atoms with E-state index in [0.29, 0.717) is 0 Å². The average Bonchev–Trinajstić information content (AvgIpc) is 3.21. The number of halogens is 1. The lowest BCUT2D eigenvalue weighted by Gasteiger charge is -2.07. The highest BCUT2D eigenvalue weighted by Gasteiger charge is 2.23. The third-order valence-corrected chi connectivity index (χ3v) is 7.57. The number of anilines is 1. The van der Waals surface area contributed by atoms with Gasteiger partial charge in [0.05, 0.1) is 11.9 Å². The Kier molecular flexibility index (Phi) is 6.27. The minimum absolute atomic E-state index is 0.0255. The molecule has 0 spiro atoms. The van der Waals surface area contributed by atoms with E-state index >= 15 is 0 Å². The lowest BCUT2D eigenvalue weighted by atomic mass is 10.2. The fourth-order valence-corrected chi connectivity index (χ4v) is 5.18. The Morgan fingerprint density at radius 1 is 1.25 bits per heavy atom. The van der Waals surface area contributed by atoms with Crippen molar-refractivity contribution >= 4 is 44.7 Å². The van der Waals surface area contributed by atoms with E-state index in [2.05, 4.69) is 15.3 Å². The molecule has 0 bridgehead atoms. The smallest absolute Gasteiger partial charge is 0.230 e. The molecule has 3 aromatic rings. The largest absolute Gasteiger partial charge is 0.382 e.